The summed E-state index contributed by atoms with van der Waals surface area (Å²) in [6.07, 6.45) is 2.22. The van der Waals surface area contributed by atoms with E-state index >= 15 is 0 Å². The SMILES string of the molecule is Cc1cccc2c1CCc1[nH]c(C(C)C)nc1-2. The molecule has 88 valence electrons. The van der Waals surface area contributed by atoms with Crippen LogP contribution < -0.4 is 0 Å². The first kappa shape index (κ1) is 10.6. The van der Waals surface area contributed by atoms with Gasteiger partial charge in [0, 0.05) is 17.2 Å². The lowest BCUT2D eigenvalue weighted by Crippen LogP contribution is -2.05. The van der Waals surface area contributed by atoms with Gasteiger partial charge in [-0.15, -0.1) is 0 Å². The maximum Gasteiger partial charge on any atom is 0.109 e. The third-order valence-electron chi connectivity index (χ3n) is 3.63. The van der Waals surface area contributed by atoms with Gasteiger partial charge in [-0.1, -0.05) is 32.0 Å². The molecule has 0 saturated carbocycles. The smallest absolute Gasteiger partial charge is 0.109 e. The number of imidazole rings is 1. The van der Waals surface area contributed by atoms with Crippen LogP contribution in [0.2, 0.25) is 0 Å². The van der Waals surface area contributed by atoms with Crippen molar-refractivity contribution in [3.8, 4) is 11.3 Å². The average Bonchev–Trinajstić information content (AvgIpc) is 2.73. The van der Waals surface area contributed by atoms with Gasteiger partial charge in [0.25, 0.3) is 0 Å². The number of aryl methyl sites for hydroxylation is 2. The van der Waals surface area contributed by atoms with Gasteiger partial charge in [-0.2, -0.15) is 0 Å². The average molecular weight is 226 g/mol. The van der Waals surface area contributed by atoms with Gasteiger partial charge >= 0.3 is 0 Å². The van der Waals surface area contributed by atoms with E-state index in [4.69, 9.17) is 4.98 Å². The molecule has 0 bridgehead atoms. The van der Waals surface area contributed by atoms with Crippen molar-refractivity contribution in [2.24, 2.45) is 0 Å². The van der Waals surface area contributed by atoms with Crippen molar-refractivity contribution in [2.45, 2.75) is 39.5 Å². The number of H-pyrrole nitrogens is 1. The predicted molar refractivity (Wildman–Crippen MR) is 70.3 cm³/mol. The third-order valence-corrected chi connectivity index (χ3v) is 3.63. The number of nitrogens with zero attached hydrogens (tertiary/aromatic N) is 1. The van der Waals surface area contributed by atoms with Gasteiger partial charge in [-0.25, -0.2) is 4.98 Å². The van der Waals surface area contributed by atoms with Crippen molar-refractivity contribution in [3.05, 3.63) is 40.8 Å². The van der Waals surface area contributed by atoms with Crippen LogP contribution in [0.15, 0.2) is 18.2 Å². The van der Waals surface area contributed by atoms with Gasteiger partial charge in [0.05, 0.1) is 5.69 Å². The highest BCUT2D eigenvalue weighted by molar-refractivity contribution is 5.70. The van der Waals surface area contributed by atoms with E-state index in [0.29, 0.717) is 5.92 Å². The molecule has 0 unspecified atom stereocenters. The second-order valence-corrected chi connectivity index (χ2v) is 5.20. The molecule has 1 N–H and O–H groups in total. The first-order valence-corrected chi connectivity index (χ1v) is 6.34. The number of aromatic nitrogens is 2. The van der Waals surface area contributed by atoms with Crippen LogP contribution in [0.25, 0.3) is 11.3 Å². The van der Waals surface area contributed by atoms with Gasteiger partial charge < -0.3 is 4.98 Å². The molecule has 0 amide bonds. The number of fused-ring (bicyclic) bond motifs is 3. The fraction of sp³-hybridized carbons (Fsp3) is 0.400. The van der Waals surface area contributed by atoms with Crippen LogP contribution in [0.4, 0.5) is 0 Å². The van der Waals surface area contributed by atoms with E-state index < -0.39 is 0 Å². The van der Waals surface area contributed by atoms with Crippen LogP contribution in [0, 0.1) is 6.92 Å². The molecule has 2 heteroatoms. The van der Waals surface area contributed by atoms with Crippen molar-refractivity contribution in [1.82, 2.24) is 9.97 Å². The second kappa shape index (κ2) is 3.73. The van der Waals surface area contributed by atoms with Gasteiger partial charge in [-0.3, -0.25) is 0 Å². The van der Waals surface area contributed by atoms with E-state index in [1.165, 1.54) is 28.1 Å². The molecule has 1 aromatic carbocycles. The summed E-state index contributed by atoms with van der Waals surface area (Å²) in [6.45, 7) is 6.56. The number of aromatic amines is 1. The maximum absolute atomic E-state index is 4.78. The fourth-order valence-corrected chi connectivity index (χ4v) is 2.61. The molecule has 0 spiro atoms. The minimum absolute atomic E-state index is 0.467. The molecular weight excluding hydrogens is 208 g/mol. The number of benzene rings is 1. The number of hydrogen-bond acceptors (Lipinski definition) is 1. The minimum Gasteiger partial charge on any atom is -0.345 e. The zero-order valence-corrected chi connectivity index (χ0v) is 10.7. The molecule has 2 nitrogen and oxygen atoms in total. The van der Waals surface area contributed by atoms with Crippen LogP contribution >= 0.6 is 0 Å². The summed E-state index contributed by atoms with van der Waals surface area (Å²) in [7, 11) is 0. The monoisotopic (exact) mass is 226 g/mol. The fourth-order valence-electron chi connectivity index (χ4n) is 2.61. The lowest BCUT2D eigenvalue weighted by molar-refractivity contribution is 0.786. The van der Waals surface area contributed by atoms with E-state index in [2.05, 4.69) is 44.0 Å². The molecule has 0 radical (unpaired) electrons. The van der Waals surface area contributed by atoms with Crippen molar-refractivity contribution in [3.63, 3.8) is 0 Å². The lowest BCUT2D eigenvalue weighted by Gasteiger charge is -2.16. The Morgan fingerprint density at radius 3 is 2.82 bits per heavy atom. The summed E-state index contributed by atoms with van der Waals surface area (Å²) in [5.74, 6) is 1.58. The molecule has 0 aliphatic heterocycles. The van der Waals surface area contributed by atoms with Gasteiger partial charge in [-0.05, 0) is 30.9 Å². The Kier molecular flexibility index (Phi) is 2.32. The van der Waals surface area contributed by atoms with Crippen molar-refractivity contribution in [1.29, 1.82) is 0 Å². The summed E-state index contributed by atoms with van der Waals surface area (Å²) >= 11 is 0. The standard InChI is InChI=1S/C15H18N2/c1-9(2)15-16-13-8-7-11-10(3)5-4-6-12(11)14(13)17-15/h4-6,9H,7-8H2,1-3H3,(H,16,17). The topological polar surface area (TPSA) is 28.7 Å². The first-order chi connectivity index (χ1) is 8.16. The zero-order chi connectivity index (χ0) is 12.0. The van der Waals surface area contributed by atoms with Gasteiger partial charge in [0.1, 0.15) is 5.82 Å². The zero-order valence-electron chi connectivity index (χ0n) is 10.7. The van der Waals surface area contributed by atoms with E-state index in [0.717, 1.165) is 18.7 Å². The lowest BCUT2D eigenvalue weighted by atomic mass is 9.89. The largest absolute Gasteiger partial charge is 0.345 e. The Labute approximate surface area is 102 Å². The molecule has 1 aliphatic carbocycles. The number of nitrogens with one attached hydrogen (secondary N) is 1. The first-order valence-electron chi connectivity index (χ1n) is 6.34. The van der Waals surface area contributed by atoms with Crippen molar-refractivity contribution in [2.75, 3.05) is 0 Å². The van der Waals surface area contributed by atoms with Gasteiger partial charge in [0.2, 0.25) is 0 Å². The van der Waals surface area contributed by atoms with Crippen LogP contribution in [-0.2, 0) is 12.8 Å². The Hall–Kier alpha value is -1.57. The summed E-state index contributed by atoms with van der Waals surface area (Å²) < 4.78 is 0. The summed E-state index contributed by atoms with van der Waals surface area (Å²) in [5.41, 5.74) is 6.68. The summed E-state index contributed by atoms with van der Waals surface area (Å²) in [5, 5.41) is 0. The Balaban J connectivity index is 2.19. The highest BCUT2D eigenvalue weighted by Crippen LogP contribution is 2.34. The molecule has 17 heavy (non-hydrogen) atoms. The van der Waals surface area contributed by atoms with E-state index in [1.807, 2.05) is 0 Å². The third kappa shape index (κ3) is 1.59. The molecule has 0 fully saturated rings. The van der Waals surface area contributed by atoms with E-state index in [9.17, 15) is 0 Å². The molecule has 2 aromatic rings. The van der Waals surface area contributed by atoms with E-state index in [1.54, 1.807) is 0 Å². The normalized spacial score (nSPS) is 13.6. The van der Waals surface area contributed by atoms with Crippen LogP contribution in [0.5, 0.6) is 0 Å². The molecule has 3 rings (SSSR count). The second-order valence-electron chi connectivity index (χ2n) is 5.20. The molecule has 1 aromatic heterocycles. The Morgan fingerprint density at radius 2 is 2.06 bits per heavy atom. The van der Waals surface area contributed by atoms with Crippen LogP contribution in [-0.4, -0.2) is 9.97 Å². The molecule has 0 atom stereocenters. The summed E-state index contributed by atoms with van der Waals surface area (Å²) in [4.78, 5) is 8.26. The van der Waals surface area contributed by atoms with Crippen LogP contribution in [0.1, 0.15) is 42.4 Å². The Bertz CT molecular complexity index is 564. The highest BCUT2D eigenvalue weighted by atomic mass is 14.9. The van der Waals surface area contributed by atoms with Crippen LogP contribution in [0.3, 0.4) is 0 Å². The van der Waals surface area contributed by atoms with Crippen molar-refractivity contribution < 1.29 is 0 Å². The van der Waals surface area contributed by atoms with E-state index in [-0.39, 0.29) is 0 Å². The minimum atomic E-state index is 0.467. The Morgan fingerprint density at radius 1 is 1.24 bits per heavy atom. The molecule has 0 saturated heterocycles. The molecular formula is C15H18N2. The molecule has 1 aliphatic rings. The number of hydrogen-bond donors (Lipinski definition) is 1. The highest BCUT2D eigenvalue weighted by Gasteiger charge is 2.21. The quantitative estimate of drug-likeness (QED) is 0.790. The maximum atomic E-state index is 4.78. The van der Waals surface area contributed by atoms with Crippen molar-refractivity contribution >= 4 is 0 Å². The molecule has 1 heterocycles. The predicted octanol–water partition coefficient (Wildman–Crippen LogP) is 3.61. The van der Waals surface area contributed by atoms with Gasteiger partial charge in [0.15, 0.2) is 0 Å². The number of rotatable bonds is 1. The summed E-state index contributed by atoms with van der Waals surface area (Å²) in [6, 6.07) is 6.53.